The number of anilines is 1. The first-order valence-corrected chi connectivity index (χ1v) is 9.30. The van der Waals surface area contributed by atoms with Crippen molar-refractivity contribution in [3.63, 3.8) is 0 Å². The minimum atomic E-state index is -0.540. The van der Waals surface area contributed by atoms with Gasteiger partial charge in [0.2, 0.25) is 0 Å². The number of hydrogen-bond acceptors (Lipinski definition) is 5. The summed E-state index contributed by atoms with van der Waals surface area (Å²) in [7, 11) is 0. The van der Waals surface area contributed by atoms with Crippen LogP contribution in [0.15, 0.2) is 18.2 Å². The van der Waals surface area contributed by atoms with E-state index in [9.17, 15) is 14.4 Å². The Morgan fingerprint density at radius 2 is 2.08 bits per heavy atom. The molecule has 2 aromatic rings. The van der Waals surface area contributed by atoms with Crippen LogP contribution in [-0.2, 0) is 17.6 Å². The molecule has 0 aliphatic heterocycles. The number of aryl methyl sites for hydroxylation is 1. The van der Waals surface area contributed by atoms with Gasteiger partial charge in [-0.05, 0) is 49.4 Å². The van der Waals surface area contributed by atoms with Crippen molar-refractivity contribution in [2.45, 2.75) is 25.7 Å². The number of fused-ring (bicyclic) bond motifs is 1. The summed E-state index contributed by atoms with van der Waals surface area (Å²) < 4.78 is 5.41. The number of rotatable bonds is 6. The lowest BCUT2D eigenvalue weighted by Gasteiger charge is -2.11. The van der Waals surface area contributed by atoms with Gasteiger partial charge in [0, 0.05) is 9.90 Å². The molecule has 0 saturated heterocycles. The number of hydrogen-bond donors (Lipinski definition) is 2. The second-order valence-electron chi connectivity index (χ2n) is 5.92. The highest BCUT2D eigenvalue weighted by atomic mass is 35.5. The third-order valence-corrected chi connectivity index (χ3v) is 5.57. The summed E-state index contributed by atoms with van der Waals surface area (Å²) in [4.78, 5) is 36.2. The molecule has 26 heavy (non-hydrogen) atoms. The van der Waals surface area contributed by atoms with Gasteiger partial charge in [-0.15, -0.1) is 11.3 Å². The predicted molar refractivity (Wildman–Crippen MR) is 100 cm³/mol. The Kier molecular flexibility index (Phi) is 5.58. The number of aldehydes is 1. The average Bonchev–Trinajstić information content (AvgIpc) is 2.98. The quantitative estimate of drug-likeness (QED) is 0.737. The molecule has 6 nitrogen and oxygen atoms in total. The van der Waals surface area contributed by atoms with Gasteiger partial charge in [-0.3, -0.25) is 14.4 Å². The normalized spacial score (nSPS) is 13.0. The van der Waals surface area contributed by atoms with Crippen molar-refractivity contribution in [3.05, 3.63) is 44.8 Å². The number of carbonyl (C=O) groups excluding carboxylic acids is 3. The summed E-state index contributed by atoms with van der Waals surface area (Å²) in [6.07, 6.45) is 4.36. The molecule has 0 radical (unpaired) electrons. The molecule has 3 rings (SSSR count). The number of amides is 2. The van der Waals surface area contributed by atoms with Crippen molar-refractivity contribution in [2.75, 3.05) is 11.9 Å². The zero-order valence-corrected chi connectivity index (χ0v) is 15.4. The third-order valence-electron chi connectivity index (χ3n) is 4.13. The first-order chi connectivity index (χ1) is 12.5. The summed E-state index contributed by atoms with van der Waals surface area (Å²) in [5, 5.41) is 3.57. The first-order valence-electron chi connectivity index (χ1n) is 8.11. The van der Waals surface area contributed by atoms with Gasteiger partial charge in [0.05, 0.1) is 11.1 Å². The first kappa shape index (κ1) is 18.4. The number of ether oxygens (including phenoxy) is 1. The van der Waals surface area contributed by atoms with Crippen LogP contribution in [0.5, 0.6) is 5.75 Å². The maximum absolute atomic E-state index is 12.2. The molecular formula is C18H17ClN2O4S. The topological polar surface area (TPSA) is 98.5 Å². The van der Waals surface area contributed by atoms with Gasteiger partial charge < -0.3 is 15.8 Å². The lowest BCUT2D eigenvalue weighted by atomic mass is 9.95. The smallest absolute Gasteiger partial charge is 0.262 e. The SMILES string of the molecule is NC(=O)c1c(NC(=O)COc2ccc(Cl)cc2C=O)sc2c1CCCC2. The van der Waals surface area contributed by atoms with E-state index in [4.69, 9.17) is 22.1 Å². The summed E-state index contributed by atoms with van der Waals surface area (Å²) >= 11 is 7.21. The standard InChI is InChI=1S/C18H17ClN2O4S/c19-11-5-6-13(10(7-11)8-22)25-9-15(23)21-18-16(17(20)24)12-3-1-2-4-14(12)26-18/h5-8H,1-4,9H2,(H2,20,24)(H,21,23). The van der Waals surface area contributed by atoms with Crippen molar-refractivity contribution in [1.29, 1.82) is 0 Å². The molecule has 1 aliphatic rings. The van der Waals surface area contributed by atoms with Crippen molar-refractivity contribution in [2.24, 2.45) is 5.73 Å². The maximum Gasteiger partial charge on any atom is 0.262 e. The summed E-state index contributed by atoms with van der Waals surface area (Å²) in [6, 6.07) is 4.55. The fraction of sp³-hybridized carbons (Fsp3) is 0.278. The van der Waals surface area contributed by atoms with E-state index in [-0.39, 0.29) is 17.9 Å². The Morgan fingerprint density at radius 3 is 2.81 bits per heavy atom. The van der Waals surface area contributed by atoms with E-state index in [2.05, 4.69) is 5.32 Å². The van der Waals surface area contributed by atoms with Crippen molar-refractivity contribution in [3.8, 4) is 5.75 Å². The van der Waals surface area contributed by atoms with Gasteiger partial charge in [0.1, 0.15) is 10.8 Å². The number of benzene rings is 1. The van der Waals surface area contributed by atoms with Gasteiger partial charge >= 0.3 is 0 Å². The van der Waals surface area contributed by atoms with E-state index in [0.29, 0.717) is 21.9 Å². The summed E-state index contributed by atoms with van der Waals surface area (Å²) in [5.74, 6) is -0.709. The molecule has 0 bridgehead atoms. The minimum Gasteiger partial charge on any atom is -0.483 e. The molecule has 1 aromatic heterocycles. The molecule has 0 atom stereocenters. The molecule has 1 heterocycles. The second kappa shape index (κ2) is 7.88. The Hall–Kier alpha value is -2.38. The van der Waals surface area contributed by atoms with E-state index >= 15 is 0 Å². The van der Waals surface area contributed by atoms with E-state index in [1.165, 1.54) is 23.5 Å². The fourth-order valence-corrected chi connectivity index (χ4v) is 4.45. The highest BCUT2D eigenvalue weighted by Crippen LogP contribution is 2.37. The average molecular weight is 393 g/mol. The van der Waals surface area contributed by atoms with Gasteiger partial charge in [-0.2, -0.15) is 0 Å². The lowest BCUT2D eigenvalue weighted by molar-refractivity contribution is -0.118. The Bertz CT molecular complexity index is 878. The van der Waals surface area contributed by atoms with Gasteiger partial charge in [-0.25, -0.2) is 0 Å². The van der Waals surface area contributed by atoms with Crippen LogP contribution < -0.4 is 15.8 Å². The van der Waals surface area contributed by atoms with Crippen LogP contribution in [0.3, 0.4) is 0 Å². The van der Waals surface area contributed by atoms with Gasteiger partial charge in [0.15, 0.2) is 12.9 Å². The summed E-state index contributed by atoms with van der Waals surface area (Å²) in [6.45, 7) is -0.302. The number of thiophene rings is 1. The number of primary amides is 1. The number of nitrogens with one attached hydrogen (secondary N) is 1. The zero-order valence-electron chi connectivity index (χ0n) is 13.8. The van der Waals surface area contributed by atoms with Crippen LogP contribution in [0.1, 0.15) is 44.0 Å². The second-order valence-corrected chi connectivity index (χ2v) is 7.46. The Labute approximate surface area is 159 Å². The highest BCUT2D eigenvalue weighted by Gasteiger charge is 2.25. The molecule has 0 unspecified atom stereocenters. The molecule has 136 valence electrons. The molecule has 0 saturated carbocycles. The lowest BCUT2D eigenvalue weighted by Crippen LogP contribution is -2.22. The molecule has 1 aromatic carbocycles. The number of nitrogens with two attached hydrogens (primary N) is 1. The van der Waals surface area contributed by atoms with Crippen LogP contribution in [0.25, 0.3) is 0 Å². The van der Waals surface area contributed by atoms with Crippen molar-refractivity contribution < 1.29 is 19.1 Å². The predicted octanol–water partition coefficient (Wildman–Crippen LogP) is 3.21. The molecule has 1 aliphatic carbocycles. The van der Waals surface area contributed by atoms with Crippen LogP contribution >= 0.6 is 22.9 Å². The van der Waals surface area contributed by atoms with Gasteiger partial charge in [0.25, 0.3) is 11.8 Å². The van der Waals surface area contributed by atoms with E-state index in [1.807, 2.05) is 0 Å². The summed E-state index contributed by atoms with van der Waals surface area (Å²) in [5.41, 5.74) is 7.12. The van der Waals surface area contributed by atoms with Crippen LogP contribution in [0.2, 0.25) is 5.02 Å². The number of carbonyl (C=O) groups is 3. The molecule has 3 N–H and O–H groups in total. The van der Waals surface area contributed by atoms with Crippen molar-refractivity contribution >= 4 is 46.0 Å². The van der Waals surface area contributed by atoms with E-state index < -0.39 is 11.8 Å². The molecule has 0 fully saturated rings. The van der Waals surface area contributed by atoms with E-state index in [1.54, 1.807) is 6.07 Å². The monoisotopic (exact) mass is 392 g/mol. The van der Waals surface area contributed by atoms with Crippen LogP contribution in [0.4, 0.5) is 5.00 Å². The van der Waals surface area contributed by atoms with Gasteiger partial charge in [-0.1, -0.05) is 11.6 Å². The molecule has 0 spiro atoms. The molecule has 2 amide bonds. The number of halogens is 1. The third kappa shape index (κ3) is 3.89. The van der Waals surface area contributed by atoms with Crippen LogP contribution in [0, 0.1) is 0 Å². The molecule has 8 heteroatoms. The molecular weight excluding hydrogens is 376 g/mol. The zero-order chi connectivity index (χ0) is 18.7. The van der Waals surface area contributed by atoms with E-state index in [0.717, 1.165) is 36.1 Å². The van der Waals surface area contributed by atoms with Crippen LogP contribution in [-0.4, -0.2) is 24.7 Å². The largest absolute Gasteiger partial charge is 0.483 e. The Balaban J connectivity index is 1.72. The Morgan fingerprint density at radius 1 is 1.31 bits per heavy atom. The van der Waals surface area contributed by atoms with Crippen molar-refractivity contribution in [1.82, 2.24) is 0 Å². The highest BCUT2D eigenvalue weighted by molar-refractivity contribution is 7.17. The minimum absolute atomic E-state index is 0.259. The maximum atomic E-state index is 12.2. The fourth-order valence-electron chi connectivity index (χ4n) is 2.96.